The number of hydrogen-bond donors (Lipinski definition) is 1. The molecule has 3 rings (SSSR count). The lowest BCUT2D eigenvalue weighted by molar-refractivity contribution is -0.113. The molecule has 1 heterocycles. The van der Waals surface area contributed by atoms with Gasteiger partial charge in [0.2, 0.25) is 5.91 Å². The molecule has 0 saturated carbocycles. The summed E-state index contributed by atoms with van der Waals surface area (Å²) in [6, 6.07) is 11.4. The molecular formula is C21H23ClN4O2S. The highest BCUT2D eigenvalue weighted by molar-refractivity contribution is 7.99. The van der Waals surface area contributed by atoms with Crippen molar-refractivity contribution in [3.8, 4) is 5.75 Å². The Morgan fingerprint density at radius 1 is 1.17 bits per heavy atom. The number of aromatic nitrogens is 3. The summed E-state index contributed by atoms with van der Waals surface area (Å²) in [6.45, 7) is 6.22. The van der Waals surface area contributed by atoms with Crippen LogP contribution in [0.3, 0.4) is 0 Å². The summed E-state index contributed by atoms with van der Waals surface area (Å²) in [4.78, 5) is 12.3. The third kappa shape index (κ3) is 5.31. The Hall–Kier alpha value is -2.51. The van der Waals surface area contributed by atoms with Gasteiger partial charge in [0, 0.05) is 17.8 Å². The number of carbonyl (C=O) groups excluding carboxylic acids is 1. The fourth-order valence-corrected chi connectivity index (χ4v) is 3.50. The fourth-order valence-electron chi connectivity index (χ4n) is 2.65. The highest BCUT2D eigenvalue weighted by Gasteiger charge is 2.13. The second-order valence-electron chi connectivity index (χ2n) is 6.74. The van der Waals surface area contributed by atoms with E-state index in [1.165, 1.54) is 11.8 Å². The van der Waals surface area contributed by atoms with E-state index in [1.807, 2.05) is 62.7 Å². The van der Waals surface area contributed by atoms with Crippen LogP contribution in [-0.2, 0) is 18.4 Å². The summed E-state index contributed by atoms with van der Waals surface area (Å²) in [5.41, 5.74) is 4.00. The molecule has 0 spiro atoms. The van der Waals surface area contributed by atoms with Gasteiger partial charge in [-0.3, -0.25) is 4.79 Å². The zero-order chi connectivity index (χ0) is 21.0. The number of nitrogens with zero attached hydrogens (tertiary/aromatic N) is 3. The van der Waals surface area contributed by atoms with E-state index < -0.39 is 0 Å². The summed E-state index contributed by atoms with van der Waals surface area (Å²) in [7, 11) is 1.86. The molecule has 0 unspecified atom stereocenters. The van der Waals surface area contributed by atoms with Crippen LogP contribution in [0.15, 0.2) is 41.6 Å². The van der Waals surface area contributed by atoms with Crippen LogP contribution < -0.4 is 10.1 Å². The van der Waals surface area contributed by atoms with E-state index in [-0.39, 0.29) is 18.3 Å². The van der Waals surface area contributed by atoms with Gasteiger partial charge in [0.1, 0.15) is 12.4 Å². The molecule has 1 amide bonds. The molecule has 0 aliphatic heterocycles. The zero-order valence-corrected chi connectivity index (χ0v) is 18.4. The highest BCUT2D eigenvalue weighted by Crippen LogP contribution is 2.23. The predicted octanol–water partition coefficient (Wildman–Crippen LogP) is 4.70. The number of ether oxygens (including phenoxy) is 1. The molecule has 0 atom stereocenters. The highest BCUT2D eigenvalue weighted by atomic mass is 35.5. The molecular weight excluding hydrogens is 408 g/mol. The number of benzene rings is 2. The number of carbonyl (C=O) groups is 1. The van der Waals surface area contributed by atoms with E-state index in [0.29, 0.717) is 16.0 Å². The first kappa shape index (κ1) is 21.2. The van der Waals surface area contributed by atoms with Gasteiger partial charge in [0.25, 0.3) is 0 Å². The van der Waals surface area contributed by atoms with Crippen LogP contribution in [0.2, 0.25) is 5.02 Å². The van der Waals surface area contributed by atoms with Crippen molar-refractivity contribution >= 4 is 35.0 Å². The van der Waals surface area contributed by atoms with Crippen molar-refractivity contribution in [2.45, 2.75) is 32.5 Å². The average molecular weight is 431 g/mol. The molecule has 0 bridgehead atoms. The van der Waals surface area contributed by atoms with E-state index >= 15 is 0 Å². The lowest BCUT2D eigenvalue weighted by atomic mass is 10.1. The molecule has 2 aromatic carbocycles. The van der Waals surface area contributed by atoms with E-state index in [1.54, 1.807) is 6.07 Å². The van der Waals surface area contributed by atoms with Crippen molar-refractivity contribution in [2.24, 2.45) is 7.05 Å². The van der Waals surface area contributed by atoms with Gasteiger partial charge in [-0.15, -0.1) is 10.2 Å². The zero-order valence-electron chi connectivity index (χ0n) is 16.8. The molecule has 0 aliphatic rings. The third-order valence-electron chi connectivity index (χ3n) is 4.63. The van der Waals surface area contributed by atoms with Crippen molar-refractivity contribution in [2.75, 3.05) is 11.1 Å². The Morgan fingerprint density at radius 3 is 2.72 bits per heavy atom. The van der Waals surface area contributed by atoms with Crippen LogP contribution in [-0.4, -0.2) is 26.4 Å². The van der Waals surface area contributed by atoms with Crippen molar-refractivity contribution in [3.05, 3.63) is 63.9 Å². The molecule has 0 radical (unpaired) electrons. The van der Waals surface area contributed by atoms with E-state index in [0.717, 1.165) is 28.1 Å². The summed E-state index contributed by atoms with van der Waals surface area (Å²) < 4.78 is 7.61. The number of halogens is 1. The van der Waals surface area contributed by atoms with Crippen LogP contribution >= 0.6 is 23.4 Å². The molecule has 8 heteroatoms. The Morgan fingerprint density at radius 2 is 1.97 bits per heavy atom. The maximum atomic E-state index is 12.3. The first-order chi connectivity index (χ1) is 13.8. The summed E-state index contributed by atoms with van der Waals surface area (Å²) in [6.07, 6.45) is 0. The number of hydrogen-bond acceptors (Lipinski definition) is 5. The maximum Gasteiger partial charge on any atom is 0.234 e. The van der Waals surface area contributed by atoms with Crippen molar-refractivity contribution in [3.63, 3.8) is 0 Å². The topological polar surface area (TPSA) is 69.0 Å². The number of nitrogens with one attached hydrogen (secondary N) is 1. The number of anilines is 1. The monoisotopic (exact) mass is 430 g/mol. The first-order valence-electron chi connectivity index (χ1n) is 9.11. The van der Waals surface area contributed by atoms with Gasteiger partial charge in [-0.25, -0.2) is 0 Å². The van der Waals surface area contributed by atoms with Crippen LogP contribution in [0, 0.1) is 20.8 Å². The second-order valence-corrected chi connectivity index (χ2v) is 8.09. The van der Waals surface area contributed by atoms with Gasteiger partial charge in [0.15, 0.2) is 11.0 Å². The molecule has 1 N–H and O–H groups in total. The summed E-state index contributed by atoms with van der Waals surface area (Å²) in [5, 5.41) is 12.6. The average Bonchev–Trinajstić information content (AvgIpc) is 3.04. The van der Waals surface area contributed by atoms with Crippen LogP contribution in [0.5, 0.6) is 5.75 Å². The number of thioether (sulfide) groups is 1. The lowest BCUT2D eigenvalue weighted by Gasteiger charge is -2.10. The summed E-state index contributed by atoms with van der Waals surface area (Å²) in [5.74, 6) is 1.56. The van der Waals surface area contributed by atoms with Crippen molar-refractivity contribution in [1.82, 2.24) is 14.8 Å². The van der Waals surface area contributed by atoms with Gasteiger partial charge in [-0.05, 0) is 61.7 Å². The van der Waals surface area contributed by atoms with Gasteiger partial charge in [-0.2, -0.15) is 0 Å². The van der Waals surface area contributed by atoms with Gasteiger partial charge >= 0.3 is 0 Å². The molecule has 0 fully saturated rings. The van der Waals surface area contributed by atoms with Crippen LogP contribution in [0.25, 0.3) is 0 Å². The Bertz CT molecular complexity index is 1040. The Kier molecular flexibility index (Phi) is 6.82. The molecule has 29 heavy (non-hydrogen) atoms. The molecule has 6 nitrogen and oxygen atoms in total. The molecule has 152 valence electrons. The number of rotatable bonds is 7. The molecule has 0 aliphatic carbocycles. The standard InChI is InChI=1S/C21H23ClN4O2S/c1-13-6-5-7-18(15(13)3)23-20(27)12-29-21-25-24-19(26(21)4)11-28-16-8-9-17(22)14(2)10-16/h5-10H,11-12H2,1-4H3,(H,23,27). The minimum Gasteiger partial charge on any atom is -0.486 e. The van der Waals surface area contributed by atoms with Crippen LogP contribution in [0.4, 0.5) is 5.69 Å². The smallest absolute Gasteiger partial charge is 0.234 e. The van der Waals surface area contributed by atoms with Gasteiger partial charge in [0.05, 0.1) is 5.75 Å². The van der Waals surface area contributed by atoms with Gasteiger partial charge in [-0.1, -0.05) is 35.5 Å². The van der Waals surface area contributed by atoms with Crippen molar-refractivity contribution in [1.29, 1.82) is 0 Å². The SMILES string of the molecule is Cc1cc(OCc2nnc(SCC(=O)Nc3cccc(C)c3C)n2C)ccc1Cl. The van der Waals surface area contributed by atoms with E-state index in [4.69, 9.17) is 16.3 Å². The second kappa shape index (κ2) is 9.33. The minimum absolute atomic E-state index is 0.0823. The Balaban J connectivity index is 1.55. The first-order valence-corrected chi connectivity index (χ1v) is 10.5. The lowest BCUT2D eigenvalue weighted by Crippen LogP contribution is -2.15. The Labute approximate surface area is 179 Å². The summed E-state index contributed by atoms with van der Waals surface area (Å²) >= 11 is 7.37. The third-order valence-corrected chi connectivity index (χ3v) is 6.08. The number of amides is 1. The number of aryl methyl sites for hydroxylation is 2. The van der Waals surface area contributed by atoms with E-state index in [2.05, 4.69) is 15.5 Å². The van der Waals surface area contributed by atoms with Crippen molar-refractivity contribution < 1.29 is 9.53 Å². The minimum atomic E-state index is -0.0823. The van der Waals surface area contributed by atoms with Gasteiger partial charge < -0.3 is 14.6 Å². The molecule has 1 aromatic heterocycles. The molecule has 3 aromatic rings. The normalized spacial score (nSPS) is 10.8. The van der Waals surface area contributed by atoms with Crippen LogP contribution in [0.1, 0.15) is 22.5 Å². The fraction of sp³-hybridized carbons (Fsp3) is 0.286. The molecule has 0 saturated heterocycles. The quantitative estimate of drug-likeness (QED) is 0.550. The largest absolute Gasteiger partial charge is 0.486 e. The maximum absolute atomic E-state index is 12.3. The predicted molar refractivity (Wildman–Crippen MR) is 117 cm³/mol. The van der Waals surface area contributed by atoms with E-state index in [9.17, 15) is 4.79 Å².